The van der Waals surface area contributed by atoms with E-state index in [9.17, 15) is 0 Å². The molecule has 1 atom stereocenters. The molecule has 2 aromatic rings. The van der Waals surface area contributed by atoms with E-state index in [-0.39, 0.29) is 0 Å². The van der Waals surface area contributed by atoms with Gasteiger partial charge in [0.2, 0.25) is 0 Å². The fourth-order valence-electron chi connectivity index (χ4n) is 2.54. The van der Waals surface area contributed by atoms with Crippen LogP contribution in [0.5, 0.6) is 0 Å². The number of pyridine rings is 1. The van der Waals surface area contributed by atoms with Gasteiger partial charge in [-0.15, -0.1) is 0 Å². The summed E-state index contributed by atoms with van der Waals surface area (Å²) in [6, 6.07) is 4.52. The van der Waals surface area contributed by atoms with Crippen molar-refractivity contribution < 1.29 is 0 Å². The molecular formula is C13H15BrN4. The van der Waals surface area contributed by atoms with E-state index >= 15 is 0 Å². The van der Waals surface area contributed by atoms with Crippen LogP contribution in [0.3, 0.4) is 0 Å². The minimum Gasteiger partial charge on any atom is -0.349 e. The van der Waals surface area contributed by atoms with Crippen LogP contribution in [0.2, 0.25) is 0 Å². The van der Waals surface area contributed by atoms with Crippen LogP contribution < -0.4 is 4.90 Å². The molecule has 5 heteroatoms. The SMILES string of the molecule is Cn1cc(C2CCCN2c2ccc(Br)cn2)cn1. The van der Waals surface area contributed by atoms with E-state index in [1.54, 1.807) is 0 Å². The van der Waals surface area contributed by atoms with Crippen molar-refractivity contribution >= 4 is 21.7 Å². The first kappa shape index (κ1) is 11.7. The second-order valence-corrected chi connectivity index (χ2v) is 5.55. The predicted molar refractivity (Wildman–Crippen MR) is 74.5 cm³/mol. The zero-order chi connectivity index (χ0) is 12.5. The number of halogens is 1. The van der Waals surface area contributed by atoms with Crippen molar-refractivity contribution in [2.45, 2.75) is 18.9 Å². The molecule has 0 aliphatic carbocycles. The van der Waals surface area contributed by atoms with Gasteiger partial charge in [-0.3, -0.25) is 4.68 Å². The molecule has 4 nitrogen and oxygen atoms in total. The Bertz CT molecular complexity index is 534. The summed E-state index contributed by atoms with van der Waals surface area (Å²) in [4.78, 5) is 6.86. The lowest BCUT2D eigenvalue weighted by Crippen LogP contribution is -2.23. The molecule has 0 spiro atoms. The van der Waals surface area contributed by atoms with Crippen molar-refractivity contribution in [1.82, 2.24) is 14.8 Å². The molecule has 1 fully saturated rings. The van der Waals surface area contributed by atoms with E-state index in [1.807, 2.05) is 30.2 Å². The molecule has 0 aromatic carbocycles. The van der Waals surface area contributed by atoms with Crippen molar-refractivity contribution in [2.24, 2.45) is 7.05 Å². The molecular weight excluding hydrogens is 292 g/mol. The summed E-state index contributed by atoms with van der Waals surface area (Å²) < 4.78 is 2.88. The molecule has 0 amide bonds. The molecule has 0 bridgehead atoms. The molecule has 1 saturated heterocycles. The smallest absolute Gasteiger partial charge is 0.129 e. The third-order valence-corrected chi connectivity index (χ3v) is 3.84. The van der Waals surface area contributed by atoms with Crippen molar-refractivity contribution in [1.29, 1.82) is 0 Å². The lowest BCUT2D eigenvalue weighted by atomic mass is 10.1. The highest BCUT2D eigenvalue weighted by Crippen LogP contribution is 2.34. The highest BCUT2D eigenvalue weighted by Gasteiger charge is 2.27. The van der Waals surface area contributed by atoms with E-state index in [0.717, 1.165) is 16.8 Å². The molecule has 2 aromatic heterocycles. The molecule has 0 N–H and O–H groups in total. The minimum absolute atomic E-state index is 0.410. The largest absolute Gasteiger partial charge is 0.349 e. The van der Waals surface area contributed by atoms with E-state index in [2.05, 4.69) is 43.2 Å². The fraction of sp³-hybridized carbons (Fsp3) is 0.385. The Morgan fingerprint density at radius 3 is 2.89 bits per heavy atom. The van der Waals surface area contributed by atoms with Gasteiger partial charge in [0.05, 0.1) is 12.2 Å². The summed E-state index contributed by atoms with van der Waals surface area (Å²) >= 11 is 3.42. The molecule has 1 aliphatic heterocycles. The predicted octanol–water partition coefficient (Wildman–Crippen LogP) is 2.92. The van der Waals surface area contributed by atoms with Gasteiger partial charge >= 0.3 is 0 Å². The Morgan fingerprint density at radius 1 is 1.33 bits per heavy atom. The van der Waals surface area contributed by atoms with Crippen LogP contribution in [0.25, 0.3) is 0 Å². The van der Waals surface area contributed by atoms with Gasteiger partial charge in [-0.2, -0.15) is 5.10 Å². The van der Waals surface area contributed by atoms with Gasteiger partial charge in [0.1, 0.15) is 5.82 Å². The maximum atomic E-state index is 4.49. The van der Waals surface area contributed by atoms with Crippen molar-refractivity contribution in [3.05, 3.63) is 40.8 Å². The van der Waals surface area contributed by atoms with Gasteiger partial charge in [0.25, 0.3) is 0 Å². The van der Waals surface area contributed by atoms with Crippen LogP contribution in [0.1, 0.15) is 24.4 Å². The summed E-state index contributed by atoms with van der Waals surface area (Å²) in [5, 5.41) is 4.27. The van der Waals surface area contributed by atoms with Gasteiger partial charge in [0.15, 0.2) is 0 Å². The second-order valence-electron chi connectivity index (χ2n) is 4.63. The Labute approximate surface area is 115 Å². The monoisotopic (exact) mass is 306 g/mol. The van der Waals surface area contributed by atoms with Crippen molar-refractivity contribution in [3.63, 3.8) is 0 Å². The third-order valence-electron chi connectivity index (χ3n) is 3.37. The molecule has 1 unspecified atom stereocenters. The quantitative estimate of drug-likeness (QED) is 0.855. The summed E-state index contributed by atoms with van der Waals surface area (Å²) in [7, 11) is 1.96. The van der Waals surface area contributed by atoms with Crippen molar-refractivity contribution in [3.8, 4) is 0 Å². The molecule has 1 aliphatic rings. The lowest BCUT2D eigenvalue weighted by molar-refractivity contribution is 0.708. The summed E-state index contributed by atoms with van der Waals surface area (Å²) in [5.41, 5.74) is 1.28. The maximum Gasteiger partial charge on any atom is 0.129 e. The standard InChI is InChI=1S/C13H15BrN4/c1-17-9-10(7-16-17)12-3-2-6-18(12)13-5-4-11(14)8-15-13/h4-5,7-9,12H,2-3,6H2,1H3. The highest BCUT2D eigenvalue weighted by atomic mass is 79.9. The van der Waals surface area contributed by atoms with Crippen LogP contribution in [0.4, 0.5) is 5.82 Å². The van der Waals surface area contributed by atoms with E-state index in [4.69, 9.17) is 0 Å². The number of nitrogens with zero attached hydrogens (tertiary/aromatic N) is 4. The Hall–Kier alpha value is -1.36. The van der Waals surface area contributed by atoms with E-state index in [0.29, 0.717) is 6.04 Å². The van der Waals surface area contributed by atoms with Gasteiger partial charge in [-0.1, -0.05) is 0 Å². The molecule has 3 heterocycles. The average Bonchev–Trinajstić information content (AvgIpc) is 2.98. The number of hydrogen-bond acceptors (Lipinski definition) is 3. The molecule has 0 radical (unpaired) electrons. The normalized spacial score (nSPS) is 19.4. The number of aromatic nitrogens is 3. The lowest BCUT2D eigenvalue weighted by Gasteiger charge is -2.24. The fourth-order valence-corrected chi connectivity index (χ4v) is 2.77. The van der Waals surface area contributed by atoms with Gasteiger partial charge < -0.3 is 4.90 Å². The van der Waals surface area contributed by atoms with Crippen molar-refractivity contribution in [2.75, 3.05) is 11.4 Å². The molecule has 0 saturated carbocycles. The zero-order valence-electron chi connectivity index (χ0n) is 10.3. The first-order chi connectivity index (χ1) is 8.74. The van der Waals surface area contributed by atoms with Gasteiger partial charge in [-0.05, 0) is 40.9 Å². The number of anilines is 1. The topological polar surface area (TPSA) is 34.0 Å². The Morgan fingerprint density at radius 2 is 2.22 bits per heavy atom. The molecule has 18 heavy (non-hydrogen) atoms. The van der Waals surface area contributed by atoms with Crippen LogP contribution in [-0.2, 0) is 7.05 Å². The summed E-state index contributed by atoms with van der Waals surface area (Å²) in [6.07, 6.45) is 8.29. The number of aryl methyl sites for hydroxylation is 1. The summed E-state index contributed by atoms with van der Waals surface area (Å²) in [6.45, 7) is 1.06. The second kappa shape index (κ2) is 4.72. The maximum absolute atomic E-state index is 4.49. The minimum atomic E-state index is 0.410. The van der Waals surface area contributed by atoms with E-state index < -0.39 is 0 Å². The zero-order valence-corrected chi connectivity index (χ0v) is 11.8. The average molecular weight is 307 g/mol. The van der Waals surface area contributed by atoms with Crippen LogP contribution in [0.15, 0.2) is 35.2 Å². The Balaban J connectivity index is 1.89. The molecule has 94 valence electrons. The first-order valence-electron chi connectivity index (χ1n) is 6.11. The van der Waals surface area contributed by atoms with Gasteiger partial charge in [-0.25, -0.2) is 4.98 Å². The Kier molecular flexibility index (Phi) is 3.07. The molecule has 3 rings (SSSR count). The summed E-state index contributed by atoms with van der Waals surface area (Å²) in [5.74, 6) is 1.05. The number of rotatable bonds is 2. The van der Waals surface area contributed by atoms with Crippen LogP contribution in [0, 0.1) is 0 Å². The van der Waals surface area contributed by atoms with Crippen LogP contribution >= 0.6 is 15.9 Å². The van der Waals surface area contributed by atoms with Gasteiger partial charge in [0, 0.05) is 36.0 Å². The third kappa shape index (κ3) is 2.14. The van der Waals surface area contributed by atoms with Crippen LogP contribution in [-0.4, -0.2) is 21.3 Å². The highest BCUT2D eigenvalue weighted by molar-refractivity contribution is 9.10. The van der Waals surface area contributed by atoms with E-state index in [1.165, 1.54) is 18.4 Å². The first-order valence-corrected chi connectivity index (χ1v) is 6.90. The number of hydrogen-bond donors (Lipinski definition) is 0.